The number of nitrogens with zero attached hydrogens (tertiary/aromatic N) is 2. The van der Waals surface area contributed by atoms with Crippen molar-refractivity contribution < 1.29 is 24.5 Å². The molecule has 0 aromatic heterocycles. The number of aromatic carboxylic acids is 1. The number of carboxylic acid groups (broad SMARTS) is 1. The molecule has 0 aliphatic heterocycles. The summed E-state index contributed by atoms with van der Waals surface area (Å²) in [7, 11) is 0. The lowest BCUT2D eigenvalue weighted by molar-refractivity contribution is -0.496. The Bertz CT molecular complexity index is 838. The molecule has 1 N–H and O–H groups in total. The fourth-order valence-corrected chi connectivity index (χ4v) is 2.15. The summed E-state index contributed by atoms with van der Waals surface area (Å²) in [5.41, 5.74) is -0.729. The number of benzene rings is 2. The summed E-state index contributed by atoms with van der Waals surface area (Å²) in [6, 6.07) is 7.42. The second-order valence-electron chi connectivity index (χ2n) is 4.60. The molecule has 0 amide bonds. The maximum atomic E-state index is 11.1. The van der Waals surface area contributed by atoms with E-state index in [1.807, 2.05) is 0 Å². The maximum Gasteiger partial charge on any atom is 0.342 e. The minimum absolute atomic E-state index is 0.0296. The predicted molar refractivity (Wildman–Crippen MR) is 82.3 cm³/mol. The first-order valence-corrected chi connectivity index (χ1v) is 6.75. The van der Waals surface area contributed by atoms with Crippen LogP contribution in [-0.2, 0) is 6.54 Å². The lowest BCUT2D eigenvalue weighted by Gasteiger charge is -2.09. The van der Waals surface area contributed by atoms with Gasteiger partial charge in [0.1, 0.15) is 17.1 Å². The molecule has 0 spiro atoms. The summed E-state index contributed by atoms with van der Waals surface area (Å²) in [5.74, 6) is -1.31. The van der Waals surface area contributed by atoms with E-state index in [1.165, 1.54) is 24.3 Å². The Kier molecular flexibility index (Phi) is 4.95. The largest absolute Gasteiger partial charge is 0.477 e. The molecule has 24 heavy (non-hydrogen) atoms. The zero-order valence-electron chi connectivity index (χ0n) is 11.8. The number of hydrogen-bond acceptors (Lipinski definition) is 6. The van der Waals surface area contributed by atoms with Crippen molar-refractivity contribution in [2.45, 2.75) is 6.54 Å². The van der Waals surface area contributed by atoms with Gasteiger partial charge >= 0.3 is 5.97 Å². The van der Waals surface area contributed by atoms with Crippen LogP contribution >= 0.6 is 11.6 Å². The van der Waals surface area contributed by atoms with E-state index in [2.05, 4.69) is 0 Å². The summed E-state index contributed by atoms with van der Waals surface area (Å²) in [4.78, 5) is 31.0. The molecule has 0 atom stereocenters. The topological polar surface area (TPSA) is 133 Å². The van der Waals surface area contributed by atoms with Crippen molar-refractivity contribution in [2.75, 3.05) is 0 Å². The van der Waals surface area contributed by atoms with Gasteiger partial charge in [-0.2, -0.15) is 0 Å². The summed E-state index contributed by atoms with van der Waals surface area (Å²) in [6.45, 7) is -0.402. The van der Waals surface area contributed by atoms with Crippen LogP contribution in [0.2, 0.25) is 5.02 Å². The van der Waals surface area contributed by atoms with Gasteiger partial charge in [0.05, 0.1) is 9.95 Å². The first kappa shape index (κ1) is 17.2. The molecule has 2 aromatic carbocycles. The third-order valence-corrected chi connectivity index (χ3v) is 3.23. The van der Waals surface area contributed by atoms with Gasteiger partial charge < -0.3 is 9.84 Å². The molecule has 9 nitrogen and oxygen atoms in total. The van der Waals surface area contributed by atoms with Gasteiger partial charge in [-0.05, 0) is 24.3 Å². The molecular formula is C14H9ClN2O7. The SMILES string of the molecule is O=C(O)c1cc(Oc2ccc(C[N+](=O)[O-])cc2Cl)ccc1[N+](=O)[O-]. The number of carboxylic acids is 1. The van der Waals surface area contributed by atoms with Crippen LogP contribution in [0.4, 0.5) is 5.69 Å². The van der Waals surface area contributed by atoms with Crippen molar-refractivity contribution in [2.24, 2.45) is 0 Å². The van der Waals surface area contributed by atoms with Crippen LogP contribution in [0.3, 0.4) is 0 Å². The third-order valence-electron chi connectivity index (χ3n) is 2.93. The minimum atomic E-state index is -1.47. The number of nitro benzene ring substituents is 1. The summed E-state index contributed by atoms with van der Waals surface area (Å²) in [5, 5.41) is 30.4. The van der Waals surface area contributed by atoms with E-state index in [1.54, 1.807) is 0 Å². The van der Waals surface area contributed by atoms with Gasteiger partial charge in [0.25, 0.3) is 5.69 Å². The number of halogens is 1. The average Bonchev–Trinajstić information content (AvgIpc) is 2.49. The van der Waals surface area contributed by atoms with E-state index in [0.717, 1.165) is 12.1 Å². The van der Waals surface area contributed by atoms with Crippen molar-refractivity contribution in [3.63, 3.8) is 0 Å². The van der Waals surface area contributed by atoms with Crippen molar-refractivity contribution in [3.05, 3.63) is 72.8 Å². The van der Waals surface area contributed by atoms with E-state index in [4.69, 9.17) is 21.4 Å². The molecule has 0 aliphatic rings. The van der Waals surface area contributed by atoms with Gasteiger partial charge in [0.15, 0.2) is 0 Å². The van der Waals surface area contributed by atoms with Crippen LogP contribution in [0, 0.1) is 20.2 Å². The monoisotopic (exact) mass is 352 g/mol. The number of ether oxygens (including phenoxy) is 1. The zero-order chi connectivity index (χ0) is 17.9. The summed E-state index contributed by atoms with van der Waals surface area (Å²) in [6.07, 6.45) is 0. The normalized spacial score (nSPS) is 10.2. The van der Waals surface area contributed by atoms with Crippen molar-refractivity contribution >= 4 is 23.3 Å². The van der Waals surface area contributed by atoms with E-state index < -0.39 is 33.6 Å². The van der Waals surface area contributed by atoms with Crippen LogP contribution in [0.5, 0.6) is 11.5 Å². The highest BCUT2D eigenvalue weighted by molar-refractivity contribution is 6.32. The van der Waals surface area contributed by atoms with Crippen molar-refractivity contribution in [1.82, 2.24) is 0 Å². The summed E-state index contributed by atoms with van der Waals surface area (Å²) < 4.78 is 5.41. The van der Waals surface area contributed by atoms with E-state index in [9.17, 15) is 25.0 Å². The molecule has 0 heterocycles. The fraction of sp³-hybridized carbons (Fsp3) is 0.0714. The van der Waals surface area contributed by atoms with Crippen molar-refractivity contribution in [1.29, 1.82) is 0 Å². The molecule has 2 rings (SSSR count). The molecule has 0 radical (unpaired) electrons. The Labute approximate surface area is 139 Å². The highest BCUT2D eigenvalue weighted by Gasteiger charge is 2.21. The van der Waals surface area contributed by atoms with E-state index in [0.29, 0.717) is 5.56 Å². The number of rotatable bonds is 6. The van der Waals surface area contributed by atoms with Gasteiger partial charge in [-0.15, -0.1) is 0 Å². The Hall–Kier alpha value is -3.20. The van der Waals surface area contributed by atoms with Crippen LogP contribution in [0.15, 0.2) is 36.4 Å². The minimum Gasteiger partial charge on any atom is -0.477 e. The van der Waals surface area contributed by atoms with Crippen LogP contribution < -0.4 is 4.74 Å². The predicted octanol–water partition coefficient (Wildman–Crippen LogP) is 3.52. The van der Waals surface area contributed by atoms with Crippen LogP contribution in [-0.4, -0.2) is 20.9 Å². The first-order chi connectivity index (χ1) is 11.3. The Morgan fingerprint density at radius 1 is 1.17 bits per heavy atom. The average molecular weight is 353 g/mol. The zero-order valence-corrected chi connectivity index (χ0v) is 12.6. The standard InChI is InChI=1S/C14H9ClN2O7/c15-11-5-8(7-16(20)21)1-4-13(11)24-9-2-3-12(17(22)23)10(6-9)14(18)19/h1-6H,7H2,(H,18,19). The molecule has 0 saturated heterocycles. The van der Waals surface area contributed by atoms with Gasteiger partial charge in [-0.25, -0.2) is 4.79 Å². The van der Waals surface area contributed by atoms with Crippen LogP contribution in [0.25, 0.3) is 0 Å². The van der Waals surface area contributed by atoms with Crippen LogP contribution in [0.1, 0.15) is 15.9 Å². The second-order valence-corrected chi connectivity index (χ2v) is 5.01. The third kappa shape index (κ3) is 3.96. The van der Waals surface area contributed by atoms with Gasteiger partial charge in [-0.3, -0.25) is 20.2 Å². The lowest BCUT2D eigenvalue weighted by Crippen LogP contribution is -2.03. The van der Waals surface area contributed by atoms with Gasteiger partial charge in [0, 0.05) is 22.6 Å². The Morgan fingerprint density at radius 2 is 1.88 bits per heavy atom. The van der Waals surface area contributed by atoms with Gasteiger partial charge in [-0.1, -0.05) is 11.6 Å². The second kappa shape index (κ2) is 6.92. The molecular weight excluding hydrogens is 344 g/mol. The first-order valence-electron chi connectivity index (χ1n) is 6.37. The Balaban J connectivity index is 2.31. The molecule has 124 valence electrons. The maximum absolute atomic E-state index is 11.1. The number of carbonyl (C=O) groups is 1. The van der Waals surface area contributed by atoms with Gasteiger partial charge in [0.2, 0.25) is 6.54 Å². The molecule has 0 bridgehead atoms. The molecule has 0 saturated carbocycles. The highest BCUT2D eigenvalue weighted by Crippen LogP contribution is 2.32. The quantitative estimate of drug-likeness (QED) is 0.621. The smallest absolute Gasteiger partial charge is 0.342 e. The fourth-order valence-electron chi connectivity index (χ4n) is 1.91. The highest BCUT2D eigenvalue weighted by atomic mass is 35.5. The Morgan fingerprint density at radius 3 is 2.42 bits per heavy atom. The molecule has 0 fully saturated rings. The van der Waals surface area contributed by atoms with E-state index >= 15 is 0 Å². The van der Waals surface area contributed by atoms with Crippen molar-refractivity contribution in [3.8, 4) is 11.5 Å². The molecule has 0 aliphatic carbocycles. The van der Waals surface area contributed by atoms with E-state index in [-0.39, 0.29) is 16.5 Å². The number of hydrogen-bond donors (Lipinski definition) is 1. The lowest BCUT2D eigenvalue weighted by atomic mass is 10.1. The summed E-state index contributed by atoms with van der Waals surface area (Å²) >= 11 is 5.97. The molecule has 2 aromatic rings. The molecule has 0 unspecified atom stereocenters. The molecule has 10 heteroatoms. The number of nitro groups is 2.